The van der Waals surface area contributed by atoms with Crippen molar-refractivity contribution in [3.8, 4) is 0 Å². The lowest BCUT2D eigenvalue weighted by molar-refractivity contribution is 0.0698. The normalized spacial score (nSPS) is 11.1. The summed E-state index contributed by atoms with van der Waals surface area (Å²) in [6, 6.07) is 14.3. The van der Waals surface area contributed by atoms with Gasteiger partial charge in [-0.2, -0.15) is 0 Å². The standard InChI is InChI=1S/C22H14N4O5S/c1-23-16-7-8-19(18(13-16)22(28)29)25-21(27)15-4-2-6-17(12-15)32(30,31)26-11-9-14-5-3-10-24-20(14)26/h2-13H,(H,25,27)(H,28,29). The summed E-state index contributed by atoms with van der Waals surface area (Å²) in [6.45, 7) is 7.00. The van der Waals surface area contributed by atoms with Crippen LogP contribution in [0.4, 0.5) is 11.4 Å². The Morgan fingerprint density at radius 1 is 1.06 bits per heavy atom. The SMILES string of the molecule is [C-]#[N+]c1ccc(NC(=O)c2cccc(S(=O)(=O)n3ccc4cccnc43)c2)c(C(=O)O)c1. The van der Waals surface area contributed by atoms with Gasteiger partial charge >= 0.3 is 5.97 Å². The molecule has 0 spiro atoms. The van der Waals surface area contributed by atoms with E-state index in [0.717, 1.165) is 10.0 Å². The Morgan fingerprint density at radius 3 is 2.62 bits per heavy atom. The summed E-state index contributed by atoms with van der Waals surface area (Å²) in [5.74, 6) is -2.01. The van der Waals surface area contributed by atoms with Crippen molar-refractivity contribution < 1.29 is 23.1 Å². The molecule has 0 aliphatic rings. The third-order valence-corrected chi connectivity index (χ3v) is 6.34. The number of aromatic nitrogens is 2. The van der Waals surface area contributed by atoms with Crippen molar-refractivity contribution in [3.05, 3.63) is 95.6 Å². The van der Waals surface area contributed by atoms with Crippen LogP contribution in [0.2, 0.25) is 0 Å². The molecule has 0 saturated carbocycles. The number of carbonyl (C=O) groups is 2. The molecule has 0 saturated heterocycles. The first-order valence-electron chi connectivity index (χ1n) is 9.15. The number of carbonyl (C=O) groups excluding carboxylic acids is 1. The van der Waals surface area contributed by atoms with E-state index in [-0.39, 0.29) is 33.0 Å². The van der Waals surface area contributed by atoms with Gasteiger partial charge < -0.3 is 10.4 Å². The second kappa shape index (κ2) is 7.98. The van der Waals surface area contributed by atoms with E-state index < -0.39 is 21.9 Å². The van der Waals surface area contributed by atoms with Crippen LogP contribution >= 0.6 is 0 Å². The Morgan fingerprint density at radius 2 is 1.88 bits per heavy atom. The Labute approximate surface area is 182 Å². The number of hydrogen-bond acceptors (Lipinski definition) is 5. The number of anilines is 1. The minimum absolute atomic E-state index is 0.0104. The second-order valence-electron chi connectivity index (χ2n) is 6.66. The van der Waals surface area contributed by atoms with Crippen LogP contribution in [0, 0.1) is 6.57 Å². The van der Waals surface area contributed by atoms with Gasteiger partial charge in [0.15, 0.2) is 11.3 Å². The molecule has 4 aromatic rings. The lowest BCUT2D eigenvalue weighted by Crippen LogP contribution is -2.17. The van der Waals surface area contributed by atoms with E-state index in [2.05, 4.69) is 15.1 Å². The van der Waals surface area contributed by atoms with Gasteiger partial charge in [-0.15, -0.1) is 0 Å². The third kappa shape index (κ3) is 3.68. The number of amides is 1. The highest BCUT2D eigenvalue weighted by atomic mass is 32.2. The molecular weight excluding hydrogens is 432 g/mol. The molecule has 158 valence electrons. The quantitative estimate of drug-likeness (QED) is 0.450. The van der Waals surface area contributed by atoms with Crippen molar-refractivity contribution >= 4 is 44.3 Å². The van der Waals surface area contributed by atoms with Gasteiger partial charge in [-0.25, -0.2) is 27.0 Å². The molecular formula is C22H14N4O5S. The van der Waals surface area contributed by atoms with E-state index in [1.165, 1.54) is 48.8 Å². The molecule has 9 nitrogen and oxygen atoms in total. The molecule has 32 heavy (non-hydrogen) atoms. The number of nitrogens with one attached hydrogen (secondary N) is 1. The maximum Gasteiger partial charge on any atom is 0.336 e. The molecule has 4 rings (SSSR count). The van der Waals surface area contributed by atoms with E-state index in [1.54, 1.807) is 18.2 Å². The van der Waals surface area contributed by atoms with Crippen molar-refractivity contribution in [2.24, 2.45) is 0 Å². The van der Waals surface area contributed by atoms with Gasteiger partial charge in [-0.05, 0) is 48.5 Å². The number of benzene rings is 2. The first-order chi connectivity index (χ1) is 15.3. The van der Waals surface area contributed by atoms with Gasteiger partial charge in [0.2, 0.25) is 0 Å². The van der Waals surface area contributed by atoms with E-state index >= 15 is 0 Å². The Hall–Kier alpha value is -4.49. The largest absolute Gasteiger partial charge is 0.478 e. The fourth-order valence-corrected chi connectivity index (χ4v) is 4.48. The molecule has 0 unspecified atom stereocenters. The molecule has 0 aliphatic heterocycles. The number of rotatable bonds is 5. The average Bonchev–Trinajstić information content (AvgIpc) is 3.24. The summed E-state index contributed by atoms with van der Waals surface area (Å²) < 4.78 is 27.3. The van der Waals surface area contributed by atoms with E-state index in [0.29, 0.717) is 5.39 Å². The van der Waals surface area contributed by atoms with Crippen molar-refractivity contribution in [1.82, 2.24) is 8.96 Å². The van der Waals surface area contributed by atoms with Gasteiger partial charge in [0.1, 0.15) is 0 Å². The molecule has 0 atom stereocenters. The summed E-state index contributed by atoms with van der Waals surface area (Å²) in [5, 5.41) is 12.5. The molecule has 2 heterocycles. The number of carboxylic acid groups (broad SMARTS) is 1. The zero-order chi connectivity index (χ0) is 22.9. The van der Waals surface area contributed by atoms with Crippen LogP contribution in [0.1, 0.15) is 20.7 Å². The van der Waals surface area contributed by atoms with E-state index in [9.17, 15) is 23.1 Å². The minimum Gasteiger partial charge on any atom is -0.478 e. The number of hydrogen-bond donors (Lipinski definition) is 2. The summed E-state index contributed by atoms with van der Waals surface area (Å²) in [4.78, 5) is 31.4. The molecule has 2 aromatic heterocycles. The maximum atomic E-state index is 13.1. The summed E-state index contributed by atoms with van der Waals surface area (Å²) in [6.07, 6.45) is 2.87. The minimum atomic E-state index is -4.03. The molecule has 1 amide bonds. The molecule has 0 fully saturated rings. The number of carboxylic acids is 1. The predicted octanol–water partition coefficient (Wildman–Crippen LogP) is 3.77. The fourth-order valence-electron chi connectivity index (χ4n) is 3.13. The predicted molar refractivity (Wildman–Crippen MR) is 116 cm³/mol. The molecule has 0 radical (unpaired) electrons. The zero-order valence-corrected chi connectivity index (χ0v) is 17.1. The molecule has 0 bridgehead atoms. The van der Waals surface area contributed by atoms with Crippen molar-refractivity contribution in [1.29, 1.82) is 0 Å². The van der Waals surface area contributed by atoms with Gasteiger partial charge in [0.05, 0.1) is 22.7 Å². The Bertz CT molecular complexity index is 1530. The monoisotopic (exact) mass is 446 g/mol. The van der Waals surface area contributed by atoms with Crippen molar-refractivity contribution in [3.63, 3.8) is 0 Å². The fraction of sp³-hybridized carbons (Fsp3) is 0. The lowest BCUT2D eigenvalue weighted by atomic mass is 10.1. The number of aromatic carboxylic acids is 1. The van der Waals surface area contributed by atoms with Crippen LogP contribution < -0.4 is 5.32 Å². The Kier molecular flexibility index (Phi) is 5.18. The number of pyridine rings is 1. The highest BCUT2D eigenvalue weighted by Gasteiger charge is 2.21. The summed E-state index contributed by atoms with van der Waals surface area (Å²) >= 11 is 0. The second-order valence-corrected chi connectivity index (χ2v) is 8.48. The average molecular weight is 446 g/mol. The van der Waals surface area contributed by atoms with Crippen molar-refractivity contribution in [2.45, 2.75) is 4.90 Å². The van der Waals surface area contributed by atoms with Crippen LogP contribution in [0.25, 0.3) is 15.9 Å². The highest BCUT2D eigenvalue weighted by Crippen LogP contribution is 2.25. The van der Waals surface area contributed by atoms with Crippen LogP contribution in [0.5, 0.6) is 0 Å². The number of nitrogens with zero attached hydrogens (tertiary/aromatic N) is 3. The van der Waals surface area contributed by atoms with Gasteiger partial charge in [0.25, 0.3) is 15.9 Å². The molecule has 10 heteroatoms. The van der Waals surface area contributed by atoms with E-state index in [4.69, 9.17) is 6.57 Å². The smallest absolute Gasteiger partial charge is 0.336 e. The first-order valence-corrected chi connectivity index (χ1v) is 10.6. The summed E-state index contributed by atoms with van der Waals surface area (Å²) in [5.41, 5.74) is 0.125. The van der Waals surface area contributed by atoms with Gasteiger partial charge in [-0.1, -0.05) is 12.1 Å². The Balaban J connectivity index is 1.69. The van der Waals surface area contributed by atoms with Crippen LogP contribution in [0.3, 0.4) is 0 Å². The third-order valence-electron chi connectivity index (χ3n) is 4.68. The number of fused-ring (bicyclic) bond motifs is 1. The summed E-state index contributed by atoms with van der Waals surface area (Å²) in [7, 11) is -4.03. The molecule has 0 aliphatic carbocycles. The molecule has 2 aromatic carbocycles. The van der Waals surface area contributed by atoms with Crippen molar-refractivity contribution in [2.75, 3.05) is 5.32 Å². The van der Waals surface area contributed by atoms with Crippen LogP contribution in [0.15, 0.2) is 78.0 Å². The van der Waals surface area contributed by atoms with Crippen LogP contribution in [-0.2, 0) is 10.0 Å². The molecule has 2 N–H and O–H groups in total. The zero-order valence-electron chi connectivity index (χ0n) is 16.3. The maximum absolute atomic E-state index is 13.1. The lowest BCUT2D eigenvalue weighted by Gasteiger charge is -2.11. The topological polar surface area (TPSA) is 123 Å². The van der Waals surface area contributed by atoms with Gasteiger partial charge in [0, 0.05) is 23.3 Å². The highest BCUT2D eigenvalue weighted by molar-refractivity contribution is 7.90. The van der Waals surface area contributed by atoms with E-state index in [1.807, 2.05) is 0 Å². The first kappa shape index (κ1) is 20.8. The van der Waals surface area contributed by atoms with Crippen LogP contribution in [-0.4, -0.2) is 34.4 Å². The van der Waals surface area contributed by atoms with Gasteiger partial charge in [-0.3, -0.25) is 4.79 Å².